The molecule has 16 rings (SSSR count). The zero-order valence-corrected chi connectivity index (χ0v) is 44.9. The average Bonchev–Trinajstić information content (AvgIpc) is 4.15. The van der Waals surface area contributed by atoms with Crippen LogP contribution in [0.1, 0.15) is 0 Å². The van der Waals surface area contributed by atoms with Crippen LogP contribution in [0.5, 0.6) is 0 Å². The Labute approximate surface area is 470 Å². The third-order valence-corrected chi connectivity index (χ3v) is 18.6. The lowest BCUT2D eigenvalue weighted by molar-refractivity contribution is 1.31. The van der Waals surface area contributed by atoms with E-state index in [-0.39, 0.29) is 0 Å². The molecule has 3 aromatic heterocycles. The Morgan fingerprint density at radius 3 is 0.925 bits per heavy atom. The second-order valence-corrected chi connectivity index (χ2v) is 22.9. The topological polar surface area (TPSA) is 25.8 Å². The van der Waals surface area contributed by atoms with Gasteiger partial charge in [-0.05, 0) is 161 Å². The molecule has 0 fully saturated rings. The molecular weight excluding hydrogens is 1000 g/mol. The van der Waals surface area contributed by atoms with Crippen LogP contribution in [0.3, 0.4) is 0 Å². The van der Waals surface area contributed by atoms with Crippen molar-refractivity contribution in [3.8, 4) is 89.0 Å². The predicted octanol–water partition coefficient (Wildman–Crippen LogP) is 22.0. The van der Waals surface area contributed by atoms with Crippen LogP contribution in [-0.4, -0.2) is 9.97 Å². The Kier molecular flexibility index (Phi) is 11.0. The molecule has 0 saturated carbocycles. The fourth-order valence-electron chi connectivity index (χ4n) is 12.2. The smallest absolute Gasteiger partial charge is 0.0971 e. The summed E-state index contributed by atoms with van der Waals surface area (Å²) in [6.07, 6.45) is 3.63. The van der Waals surface area contributed by atoms with E-state index in [0.29, 0.717) is 0 Å². The van der Waals surface area contributed by atoms with E-state index in [1.54, 1.807) is 0 Å². The number of fused-ring (bicyclic) bond motifs is 12. The molecule has 3 heterocycles. The van der Waals surface area contributed by atoms with Crippen LogP contribution in [0.2, 0.25) is 0 Å². The van der Waals surface area contributed by atoms with Gasteiger partial charge < -0.3 is 0 Å². The van der Waals surface area contributed by atoms with Crippen molar-refractivity contribution in [2.24, 2.45) is 0 Å². The minimum atomic E-state index is 0.909. The molecule has 2 nitrogen and oxygen atoms in total. The van der Waals surface area contributed by atoms with Gasteiger partial charge in [-0.15, -0.1) is 22.7 Å². The molecule has 0 aliphatic carbocycles. The number of benzene rings is 13. The lowest BCUT2D eigenvalue weighted by atomic mass is 9.91. The second-order valence-electron chi connectivity index (χ2n) is 20.8. The summed E-state index contributed by atoms with van der Waals surface area (Å²) in [7, 11) is 0. The van der Waals surface area contributed by atoms with Crippen LogP contribution in [0, 0.1) is 0 Å². The van der Waals surface area contributed by atoms with E-state index in [1.165, 1.54) is 107 Å². The van der Waals surface area contributed by atoms with Crippen molar-refractivity contribution in [1.82, 2.24) is 9.97 Å². The monoisotopic (exact) mass is 1050 g/mol. The summed E-state index contributed by atoms with van der Waals surface area (Å²) in [5.41, 5.74) is 21.0. The fraction of sp³-hybridized carbons (Fsp3) is 0. The van der Waals surface area contributed by atoms with Crippen LogP contribution in [0.25, 0.3) is 162 Å². The molecular formula is C76H46N2S2. The zero-order valence-electron chi connectivity index (χ0n) is 43.3. The van der Waals surface area contributed by atoms with Crippen LogP contribution >= 0.6 is 22.7 Å². The van der Waals surface area contributed by atoms with Gasteiger partial charge in [0.25, 0.3) is 0 Å². The maximum Gasteiger partial charge on any atom is 0.0971 e. The Bertz CT molecular complexity index is 4780. The van der Waals surface area contributed by atoms with Crippen molar-refractivity contribution in [1.29, 1.82) is 0 Å². The Balaban J connectivity index is 0.833. The van der Waals surface area contributed by atoms with Crippen molar-refractivity contribution in [3.05, 3.63) is 279 Å². The van der Waals surface area contributed by atoms with E-state index in [2.05, 4.69) is 267 Å². The van der Waals surface area contributed by atoms with Crippen LogP contribution < -0.4 is 0 Å². The quantitative estimate of drug-likeness (QED) is 0.142. The van der Waals surface area contributed by atoms with Gasteiger partial charge in [0.2, 0.25) is 0 Å². The summed E-state index contributed by atoms with van der Waals surface area (Å²) in [4.78, 5) is 9.95. The fourth-order valence-corrected chi connectivity index (χ4v) is 14.6. The first-order chi connectivity index (χ1) is 39.6. The minimum absolute atomic E-state index is 0.909. The SMILES string of the molecule is c1ccc(-c2ccc3sc4c(-c5cccc(-c6ccc7c(c6)c6cc(-c8cccc(-c9cc(-c%10ccccc%10)cc%10c9sc9ccc(-c%11ccccc%11)cc9%10)c8)ccc6c6nccnc76)c5)cc(-c5ccccc5)cc4c3c2)cc1. The molecule has 0 bridgehead atoms. The third kappa shape index (κ3) is 7.91. The summed E-state index contributed by atoms with van der Waals surface area (Å²) < 4.78 is 5.16. The Morgan fingerprint density at radius 2 is 0.512 bits per heavy atom. The molecule has 0 aliphatic rings. The molecule has 0 spiro atoms. The first-order valence-electron chi connectivity index (χ1n) is 27.2. The van der Waals surface area contributed by atoms with Crippen molar-refractivity contribution in [2.45, 2.75) is 0 Å². The lowest BCUT2D eigenvalue weighted by Crippen LogP contribution is -1.90. The summed E-state index contributed by atoms with van der Waals surface area (Å²) in [6, 6.07) is 98.5. The highest BCUT2D eigenvalue weighted by molar-refractivity contribution is 7.26. The van der Waals surface area contributed by atoms with Gasteiger partial charge in [-0.2, -0.15) is 0 Å². The highest BCUT2D eigenvalue weighted by Crippen LogP contribution is 2.47. The molecule has 80 heavy (non-hydrogen) atoms. The van der Waals surface area contributed by atoms with E-state index in [0.717, 1.165) is 54.8 Å². The highest BCUT2D eigenvalue weighted by atomic mass is 32.1. The maximum absolute atomic E-state index is 4.97. The van der Waals surface area contributed by atoms with Gasteiger partial charge >= 0.3 is 0 Å². The Hall–Kier alpha value is -9.84. The van der Waals surface area contributed by atoms with Crippen molar-refractivity contribution >= 4 is 95.6 Å². The van der Waals surface area contributed by atoms with E-state index in [9.17, 15) is 0 Å². The van der Waals surface area contributed by atoms with Gasteiger partial charge in [0.15, 0.2) is 0 Å². The Morgan fingerprint density at radius 1 is 0.200 bits per heavy atom. The van der Waals surface area contributed by atoms with E-state index in [1.807, 2.05) is 35.1 Å². The maximum atomic E-state index is 4.97. The number of hydrogen-bond donors (Lipinski definition) is 0. The summed E-state index contributed by atoms with van der Waals surface area (Å²) >= 11 is 3.77. The molecule has 0 aliphatic heterocycles. The van der Waals surface area contributed by atoms with Gasteiger partial charge in [-0.25, -0.2) is 0 Å². The van der Waals surface area contributed by atoms with Gasteiger partial charge in [-0.3, -0.25) is 9.97 Å². The van der Waals surface area contributed by atoms with Gasteiger partial charge in [0.1, 0.15) is 0 Å². The van der Waals surface area contributed by atoms with Crippen LogP contribution in [0.15, 0.2) is 279 Å². The first kappa shape index (κ1) is 46.3. The van der Waals surface area contributed by atoms with Crippen molar-refractivity contribution in [2.75, 3.05) is 0 Å². The molecule has 4 heteroatoms. The lowest BCUT2D eigenvalue weighted by Gasteiger charge is -2.14. The zero-order chi connectivity index (χ0) is 52.7. The second kappa shape index (κ2) is 19.0. The minimum Gasteiger partial charge on any atom is -0.252 e. The highest BCUT2D eigenvalue weighted by Gasteiger charge is 2.19. The molecule has 0 atom stereocenters. The first-order valence-corrected chi connectivity index (χ1v) is 28.8. The van der Waals surface area contributed by atoms with Crippen molar-refractivity contribution < 1.29 is 0 Å². The van der Waals surface area contributed by atoms with Gasteiger partial charge in [0, 0.05) is 74.6 Å². The summed E-state index contributed by atoms with van der Waals surface area (Å²) in [5, 5.41) is 9.61. The molecule has 0 radical (unpaired) electrons. The number of thiophene rings is 2. The number of rotatable bonds is 8. The van der Waals surface area contributed by atoms with E-state index in [4.69, 9.17) is 9.97 Å². The normalized spacial score (nSPS) is 11.8. The molecule has 0 unspecified atom stereocenters. The van der Waals surface area contributed by atoms with E-state index < -0.39 is 0 Å². The van der Waals surface area contributed by atoms with Gasteiger partial charge in [-0.1, -0.05) is 194 Å². The molecule has 16 aromatic rings. The van der Waals surface area contributed by atoms with E-state index >= 15 is 0 Å². The summed E-state index contributed by atoms with van der Waals surface area (Å²) in [5.74, 6) is 0. The molecule has 13 aromatic carbocycles. The number of nitrogens with zero attached hydrogens (tertiary/aromatic N) is 2. The summed E-state index contributed by atoms with van der Waals surface area (Å²) in [6.45, 7) is 0. The molecule has 372 valence electrons. The standard InChI is InChI=1S/C76H46N2S2/c1-5-15-47(16-6-1)53-29-33-71-67(41-53)69-45-59(49-19-9-3-10-20-49)43-63(75(69)79-71)57-25-13-23-51(37-57)55-27-31-61-65(39-55)66-40-56(28-32-62(66)74-73(61)77-35-36-78-74)52-24-14-26-58(38-52)64-44-60(50-21-11-4-12-22-50)46-70-68-42-54(48-17-7-2-8-18-48)30-34-72(68)80-76(64)70/h1-46H. The average molecular weight is 1050 g/mol. The molecule has 0 saturated heterocycles. The van der Waals surface area contributed by atoms with Crippen molar-refractivity contribution in [3.63, 3.8) is 0 Å². The van der Waals surface area contributed by atoms with Gasteiger partial charge in [0.05, 0.1) is 11.0 Å². The number of aromatic nitrogens is 2. The largest absolute Gasteiger partial charge is 0.252 e. The molecule has 0 N–H and O–H groups in total. The molecule has 0 amide bonds. The van der Waals surface area contributed by atoms with Crippen LogP contribution in [0.4, 0.5) is 0 Å². The third-order valence-electron chi connectivity index (χ3n) is 16.1. The van der Waals surface area contributed by atoms with Crippen LogP contribution in [-0.2, 0) is 0 Å². The number of hydrogen-bond acceptors (Lipinski definition) is 4. The predicted molar refractivity (Wildman–Crippen MR) is 344 cm³/mol.